The first-order valence-electron chi connectivity index (χ1n) is 7.12. The third-order valence-electron chi connectivity index (χ3n) is 3.59. The minimum absolute atomic E-state index is 0.388. The van der Waals surface area contributed by atoms with Crippen LogP contribution in [0.2, 0.25) is 0 Å². The molecule has 0 saturated carbocycles. The third-order valence-corrected chi connectivity index (χ3v) is 4.63. The molecule has 0 unspecified atom stereocenters. The number of hydrogen-bond donors (Lipinski definition) is 1. The number of ether oxygens (including phenoxy) is 1. The number of methoxy groups -OCH3 is 1. The summed E-state index contributed by atoms with van der Waals surface area (Å²) in [6.45, 7) is 0. The third kappa shape index (κ3) is 2.61. The van der Waals surface area contributed by atoms with Crippen molar-refractivity contribution < 1.29 is 9.15 Å². The van der Waals surface area contributed by atoms with Crippen LogP contribution in [0.25, 0.3) is 22.1 Å². The van der Waals surface area contributed by atoms with Crippen LogP contribution in [-0.4, -0.2) is 27.0 Å². The highest BCUT2D eigenvalue weighted by molar-refractivity contribution is 7.98. The van der Waals surface area contributed by atoms with Gasteiger partial charge >= 0.3 is 5.63 Å². The minimum Gasteiger partial charge on any atom is -0.497 e. The predicted octanol–water partition coefficient (Wildman–Crippen LogP) is 2.76. The summed E-state index contributed by atoms with van der Waals surface area (Å²) in [5, 5.41) is 1.66. The van der Waals surface area contributed by atoms with Gasteiger partial charge in [-0.15, -0.1) is 0 Å². The van der Waals surface area contributed by atoms with E-state index in [9.17, 15) is 4.79 Å². The van der Waals surface area contributed by atoms with E-state index < -0.39 is 0 Å². The lowest BCUT2D eigenvalue weighted by molar-refractivity contribution is 0.414. The number of nitrogens with zero attached hydrogens (tertiary/aromatic N) is 3. The van der Waals surface area contributed by atoms with Gasteiger partial charge in [-0.1, -0.05) is 11.8 Å². The first-order chi connectivity index (χ1) is 11.7. The highest BCUT2D eigenvalue weighted by Crippen LogP contribution is 2.29. The zero-order chi connectivity index (χ0) is 16.5. The van der Waals surface area contributed by atoms with Crippen molar-refractivity contribution >= 4 is 33.9 Å². The fourth-order valence-corrected chi connectivity index (χ4v) is 3.40. The normalized spacial score (nSPS) is 11.2. The lowest BCUT2D eigenvalue weighted by Gasteiger charge is -2.07. The summed E-state index contributed by atoms with van der Waals surface area (Å²) < 4.78 is 10.4. The summed E-state index contributed by atoms with van der Waals surface area (Å²) in [4.78, 5) is 27.4. The number of thioether (sulfide) groups is 1. The summed E-state index contributed by atoms with van der Waals surface area (Å²) >= 11 is 1.51. The van der Waals surface area contributed by atoms with Gasteiger partial charge in [0.15, 0.2) is 5.65 Å². The molecule has 1 aromatic carbocycles. The Morgan fingerprint density at radius 2 is 2.17 bits per heavy atom. The van der Waals surface area contributed by atoms with Crippen molar-refractivity contribution in [2.24, 2.45) is 0 Å². The van der Waals surface area contributed by atoms with Crippen LogP contribution in [0.1, 0.15) is 5.56 Å². The highest BCUT2D eigenvalue weighted by Gasteiger charge is 2.10. The van der Waals surface area contributed by atoms with E-state index in [1.165, 1.54) is 24.2 Å². The van der Waals surface area contributed by atoms with Gasteiger partial charge in [-0.3, -0.25) is 0 Å². The predicted molar refractivity (Wildman–Crippen MR) is 90.3 cm³/mol. The van der Waals surface area contributed by atoms with Crippen molar-refractivity contribution in [2.45, 2.75) is 10.8 Å². The second-order valence-electron chi connectivity index (χ2n) is 5.02. The SMILES string of the molecule is COc1ccc2c(CSc3ncnc4nc[nH]c34)cc(=O)oc2c1. The van der Waals surface area contributed by atoms with Gasteiger partial charge in [-0.05, 0) is 17.7 Å². The Morgan fingerprint density at radius 3 is 3.04 bits per heavy atom. The van der Waals surface area contributed by atoms with Crippen LogP contribution < -0.4 is 10.4 Å². The lowest BCUT2D eigenvalue weighted by atomic mass is 10.1. The topological polar surface area (TPSA) is 93.9 Å². The zero-order valence-electron chi connectivity index (χ0n) is 12.6. The van der Waals surface area contributed by atoms with E-state index in [0.717, 1.165) is 21.5 Å². The van der Waals surface area contributed by atoms with Crippen LogP contribution in [0.4, 0.5) is 0 Å². The molecule has 8 heteroatoms. The lowest BCUT2D eigenvalue weighted by Crippen LogP contribution is -2.00. The van der Waals surface area contributed by atoms with Crippen molar-refractivity contribution in [1.29, 1.82) is 0 Å². The molecule has 0 saturated heterocycles. The molecule has 0 atom stereocenters. The molecule has 7 nitrogen and oxygen atoms in total. The average Bonchev–Trinajstić information content (AvgIpc) is 3.08. The quantitative estimate of drug-likeness (QED) is 0.347. The first kappa shape index (κ1) is 14.7. The molecule has 0 radical (unpaired) electrons. The molecule has 0 bridgehead atoms. The molecule has 0 aliphatic carbocycles. The molecule has 0 amide bonds. The molecular formula is C16H12N4O3S. The summed E-state index contributed by atoms with van der Waals surface area (Å²) in [5.41, 5.74) is 2.40. The number of fused-ring (bicyclic) bond motifs is 2. The van der Waals surface area contributed by atoms with Crippen molar-refractivity contribution in [3.63, 3.8) is 0 Å². The molecule has 120 valence electrons. The number of imidazole rings is 1. The number of aromatic nitrogens is 4. The molecule has 0 aliphatic rings. The smallest absolute Gasteiger partial charge is 0.336 e. The van der Waals surface area contributed by atoms with E-state index in [2.05, 4.69) is 19.9 Å². The van der Waals surface area contributed by atoms with Gasteiger partial charge in [-0.25, -0.2) is 19.7 Å². The minimum atomic E-state index is -0.388. The zero-order valence-corrected chi connectivity index (χ0v) is 13.5. The van der Waals surface area contributed by atoms with E-state index in [0.29, 0.717) is 22.7 Å². The van der Waals surface area contributed by atoms with Crippen molar-refractivity contribution in [3.8, 4) is 5.75 Å². The molecular weight excluding hydrogens is 328 g/mol. The van der Waals surface area contributed by atoms with Gasteiger partial charge in [0.1, 0.15) is 28.2 Å². The number of H-pyrrole nitrogens is 1. The summed E-state index contributed by atoms with van der Waals surface area (Å²) in [5.74, 6) is 1.21. The van der Waals surface area contributed by atoms with Gasteiger partial charge in [0.05, 0.1) is 13.4 Å². The summed E-state index contributed by atoms with van der Waals surface area (Å²) in [6.07, 6.45) is 3.07. The molecule has 0 aliphatic heterocycles. The molecule has 3 heterocycles. The van der Waals surface area contributed by atoms with E-state index >= 15 is 0 Å². The first-order valence-corrected chi connectivity index (χ1v) is 8.11. The van der Waals surface area contributed by atoms with Crippen LogP contribution in [0.5, 0.6) is 5.75 Å². The molecule has 0 fully saturated rings. The van der Waals surface area contributed by atoms with Gasteiger partial charge in [0.2, 0.25) is 0 Å². The van der Waals surface area contributed by atoms with Crippen LogP contribution in [0.3, 0.4) is 0 Å². The van der Waals surface area contributed by atoms with Gasteiger partial charge in [0.25, 0.3) is 0 Å². The Balaban J connectivity index is 1.72. The Bertz CT molecular complexity index is 1090. The van der Waals surface area contributed by atoms with Gasteiger partial charge in [0, 0.05) is 23.3 Å². The maximum absolute atomic E-state index is 11.8. The number of rotatable bonds is 4. The number of aromatic amines is 1. The standard InChI is InChI=1S/C16H12N4O3S/c1-22-10-2-3-11-9(4-13(21)23-12(11)5-10)6-24-16-14-15(18-7-17-14)19-8-20-16/h2-5,7-8H,6H2,1H3,(H,17,18,19,20). The number of hydrogen-bond acceptors (Lipinski definition) is 7. The second kappa shape index (κ2) is 5.97. The average molecular weight is 340 g/mol. The number of benzene rings is 1. The Hall–Kier alpha value is -2.87. The van der Waals surface area contributed by atoms with Gasteiger partial charge in [-0.2, -0.15) is 0 Å². The largest absolute Gasteiger partial charge is 0.497 e. The maximum Gasteiger partial charge on any atom is 0.336 e. The molecule has 24 heavy (non-hydrogen) atoms. The van der Waals surface area contributed by atoms with E-state index in [-0.39, 0.29) is 5.63 Å². The molecule has 4 rings (SSSR count). The fraction of sp³-hybridized carbons (Fsp3) is 0.125. The van der Waals surface area contributed by atoms with Gasteiger partial charge < -0.3 is 14.1 Å². The maximum atomic E-state index is 11.8. The van der Waals surface area contributed by atoms with E-state index in [1.807, 2.05) is 12.1 Å². The molecule has 1 N–H and O–H groups in total. The molecule has 4 aromatic rings. The van der Waals surface area contributed by atoms with Crippen LogP contribution >= 0.6 is 11.8 Å². The second-order valence-corrected chi connectivity index (χ2v) is 5.99. The fourth-order valence-electron chi connectivity index (χ4n) is 2.46. The van der Waals surface area contributed by atoms with E-state index in [1.54, 1.807) is 19.5 Å². The van der Waals surface area contributed by atoms with E-state index in [4.69, 9.17) is 9.15 Å². The summed E-state index contributed by atoms with van der Waals surface area (Å²) in [7, 11) is 1.57. The van der Waals surface area contributed by atoms with Crippen molar-refractivity contribution in [1.82, 2.24) is 19.9 Å². The Kier molecular flexibility index (Phi) is 3.66. The summed E-state index contributed by atoms with van der Waals surface area (Å²) in [6, 6.07) is 6.95. The number of nitrogens with one attached hydrogen (secondary N) is 1. The van der Waals surface area contributed by atoms with Crippen LogP contribution in [-0.2, 0) is 5.75 Å². The van der Waals surface area contributed by atoms with Crippen molar-refractivity contribution in [3.05, 3.63) is 52.9 Å². The molecule has 3 aromatic heterocycles. The van der Waals surface area contributed by atoms with Crippen LogP contribution in [0, 0.1) is 0 Å². The Labute approximate surface area is 140 Å². The highest BCUT2D eigenvalue weighted by atomic mass is 32.2. The monoisotopic (exact) mass is 340 g/mol. The Morgan fingerprint density at radius 1 is 1.25 bits per heavy atom. The molecule has 0 spiro atoms. The van der Waals surface area contributed by atoms with Crippen molar-refractivity contribution in [2.75, 3.05) is 7.11 Å². The van der Waals surface area contributed by atoms with Crippen LogP contribution in [0.15, 0.2) is 51.2 Å².